The van der Waals surface area contributed by atoms with Crippen molar-refractivity contribution in [3.63, 3.8) is 0 Å². The number of nitro groups is 1. The molecule has 0 unspecified atom stereocenters. The number of aryl methyl sites for hydroxylation is 1. The van der Waals surface area contributed by atoms with E-state index in [1.165, 1.54) is 11.6 Å². The summed E-state index contributed by atoms with van der Waals surface area (Å²) in [6, 6.07) is 14.8. The molecule has 0 aliphatic heterocycles. The molecular weight excluding hydrogens is 214 g/mol. The first kappa shape index (κ1) is 11.3. The van der Waals surface area contributed by atoms with Crippen molar-refractivity contribution in [3.8, 4) is 11.1 Å². The number of rotatable bonds is 3. The monoisotopic (exact) mass is 227 g/mol. The average molecular weight is 227 g/mol. The Morgan fingerprint density at radius 2 is 1.76 bits per heavy atom. The molecule has 0 spiro atoms. The van der Waals surface area contributed by atoms with Crippen LogP contribution in [-0.2, 0) is 6.42 Å². The number of nitrogens with zero attached hydrogens (tertiary/aromatic N) is 1. The third kappa shape index (κ3) is 2.50. The highest BCUT2D eigenvalue weighted by molar-refractivity contribution is 5.66. The molecule has 86 valence electrons. The van der Waals surface area contributed by atoms with Crippen LogP contribution in [0.25, 0.3) is 11.1 Å². The van der Waals surface area contributed by atoms with Crippen LogP contribution in [0, 0.1) is 10.1 Å². The summed E-state index contributed by atoms with van der Waals surface area (Å²) >= 11 is 0. The number of non-ortho nitro benzene ring substituents is 1. The first-order valence-electron chi connectivity index (χ1n) is 5.54. The van der Waals surface area contributed by atoms with E-state index in [9.17, 15) is 10.1 Å². The highest BCUT2D eigenvalue weighted by Gasteiger charge is 2.06. The van der Waals surface area contributed by atoms with Crippen molar-refractivity contribution in [2.24, 2.45) is 0 Å². The second kappa shape index (κ2) is 4.78. The fraction of sp³-hybridized carbons (Fsp3) is 0.143. The lowest BCUT2D eigenvalue weighted by atomic mass is 10.0. The van der Waals surface area contributed by atoms with Gasteiger partial charge in [-0.25, -0.2) is 0 Å². The minimum absolute atomic E-state index is 0.127. The van der Waals surface area contributed by atoms with Gasteiger partial charge < -0.3 is 0 Å². The minimum atomic E-state index is -0.371. The van der Waals surface area contributed by atoms with E-state index < -0.39 is 0 Å². The van der Waals surface area contributed by atoms with Gasteiger partial charge in [0.25, 0.3) is 5.69 Å². The Bertz CT molecular complexity index is 532. The standard InChI is InChI=1S/C14H13NO2/c1-2-11-6-8-12(9-7-11)13-4-3-5-14(10-13)15(16)17/h3-10H,2H2,1H3. The molecule has 0 aromatic heterocycles. The highest BCUT2D eigenvalue weighted by Crippen LogP contribution is 2.24. The molecule has 0 radical (unpaired) electrons. The molecule has 2 aromatic carbocycles. The first-order chi connectivity index (χ1) is 8.20. The zero-order valence-electron chi connectivity index (χ0n) is 9.59. The summed E-state index contributed by atoms with van der Waals surface area (Å²) in [7, 11) is 0. The van der Waals surface area contributed by atoms with Gasteiger partial charge in [-0.2, -0.15) is 0 Å². The summed E-state index contributed by atoms with van der Waals surface area (Å²) in [5.74, 6) is 0. The quantitative estimate of drug-likeness (QED) is 0.590. The molecule has 3 nitrogen and oxygen atoms in total. The predicted molar refractivity (Wildman–Crippen MR) is 67.9 cm³/mol. The van der Waals surface area contributed by atoms with Crippen LogP contribution < -0.4 is 0 Å². The molecule has 2 rings (SSSR count). The van der Waals surface area contributed by atoms with Gasteiger partial charge in [-0.15, -0.1) is 0 Å². The second-order valence-corrected chi connectivity index (χ2v) is 3.86. The van der Waals surface area contributed by atoms with Crippen LogP contribution in [0.4, 0.5) is 5.69 Å². The molecule has 0 aliphatic carbocycles. The summed E-state index contributed by atoms with van der Waals surface area (Å²) < 4.78 is 0. The third-order valence-corrected chi connectivity index (χ3v) is 2.75. The van der Waals surface area contributed by atoms with Crippen molar-refractivity contribution in [1.29, 1.82) is 0 Å². The molecule has 3 heteroatoms. The molecule has 0 saturated carbocycles. The molecule has 0 saturated heterocycles. The van der Waals surface area contributed by atoms with Crippen LogP contribution in [0.1, 0.15) is 12.5 Å². The fourth-order valence-electron chi connectivity index (χ4n) is 1.73. The Kier molecular flexibility index (Phi) is 3.19. The van der Waals surface area contributed by atoms with Crippen LogP contribution in [0.3, 0.4) is 0 Å². The molecule has 0 aliphatic rings. The van der Waals surface area contributed by atoms with E-state index in [1.54, 1.807) is 12.1 Å². The molecule has 0 amide bonds. The van der Waals surface area contributed by atoms with Gasteiger partial charge in [0.15, 0.2) is 0 Å². The number of hydrogen-bond acceptors (Lipinski definition) is 2. The van der Waals surface area contributed by atoms with E-state index in [4.69, 9.17) is 0 Å². The van der Waals surface area contributed by atoms with E-state index in [-0.39, 0.29) is 10.6 Å². The Hall–Kier alpha value is -2.16. The van der Waals surface area contributed by atoms with Crippen molar-refractivity contribution in [3.05, 3.63) is 64.2 Å². The van der Waals surface area contributed by atoms with Gasteiger partial charge in [0.2, 0.25) is 0 Å². The van der Waals surface area contributed by atoms with Gasteiger partial charge in [-0.1, -0.05) is 43.3 Å². The largest absolute Gasteiger partial charge is 0.270 e. The van der Waals surface area contributed by atoms with Gasteiger partial charge in [0, 0.05) is 12.1 Å². The smallest absolute Gasteiger partial charge is 0.258 e. The molecule has 0 fully saturated rings. The number of hydrogen-bond donors (Lipinski definition) is 0. The number of nitro benzene ring substituents is 1. The minimum Gasteiger partial charge on any atom is -0.258 e. The van der Waals surface area contributed by atoms with Crippen molar-refractivity contribution >= 4 is 5.69 Å². The lowest BCUT2D eigenvalue weighted by Gasteiger charge is -2.03. The first-order valence-corrected chi connectivity index (χ1v) is 5.54. The van der Waals surface area contributed by atoms with Crippen molar-refractivity contribution in [2.45, 2.75) is 13.3 Å². The van der Waals surface area contributed by atoms with Gasteiger partial charge in [0.1, 0.15) is 0 Å². The summed E-state index contributed by atoms with van der Waals surface area (Å²) in [4.78, 5) is 10.3. The summed E-state index contributed by atoms with van der Waals surface area (Å²) in [5.41, 5.74) is 3.27. The third-order valence-electron chi connectivity index (χ3n) is 2.75. The molecule has 0 heterocycles. The second-order valence-electron chi connectivity index (χ2n) is 3.86. The maximum atomic E-state index is 10.7. The molecule has 0 atom stereocenters. The van der Waals surface area contributed by atoms with Gasteiger partial charge in [0.05, 0.1) is 4.92 Å². The predicted octanol–water partition coefficient (Wildman–Crippen LogP) is 3.82. The fourth-order valence-corrected chi connectivity index (χ4v) is 1.73. The Labute approximate surface area is 99.9 Å². The Morgan fingerprint density at radius 1 is 1.06 bits per heavy atom. The van der Waals surface area contributed by atoms with E-state index in [2.05, 4.69) is 6.92 Å². The zero-order chi connectivity index (χ0) is 12.3. The van der Waals surface area contributed by atoms with Crippen molar-refractivity contribution in [2.75, 3.05) is 0 Å². The Balaban J connectivity index is 2.38. The molecule has 0 N–H and O–H groups in total. The van der Waals surface area contributed by atoms with Gasteiger partial charge >= 0.3 is 0 Å². The van der Waals surface area contributed by atoms with Crippen LogP contribution in [0.5, 0.6) is 0 Å². The maximum Gasteiger partial charge on any atom is 0.270 e. The van der Waals surface area contributed by atoms with E-state index in [1.807, 2.05) is 30.3 Å². The zero-order valence-corrected chi connectivity index (χ0v) is 9.59. The highest BCUT2D eigenvalue weighted by atomic mass is 16.6. The SMILES string of the molecule is CCc1ccc(-c2cccc([N+](=O)[O-])c2)cc1. The average Bonchev–Trinajstić information content (AvgIpc) is 2.39. The normalized spacial score (nSPS) is 10.2. The summed E-state index contributed by atoms with van der Waals surface area (Å²) in [6.07, 6.45) is 0.995. The molecule has 0 bridgehead atoms. The lowest BCUT2D eigenvalue weighted by Crippen LogP contribution is -1.88. The lowest BCUT2D eigenvalue weighted by molar-refractivity contribution is -0.384. The van der Waals surface area contributed by atoms with Gasteiger partial charge in [-0.3, -0.25) is 10.1 Å². The summed E-state index contributed by atoms with van der Waals surface area (Å²) in [5, 5.41) is 10.7. The van der Waals surface area contributed by atoms with Crippen LogP contribution >= 0.6 is 0 Å². The Morgan fingerprint density at radius 3 is 2.35 bits per heavy atom. The molecule has 17 heavy (non-hydrogen) atoms. The topological polar surface area (TPSA) is 43.1 Å². The van der Waals surface area contributed by atoms with E-state index >= 15 is 0 Å². The van der Waals surface area contributed by atoms with Crippen LogP contribution in [0.2, 0.25) is 0 Å². The van der Waals surface area contributed by atoms with Crippen molar-refractivity contribution < 1.29 is 4.92 Å². The van der Waals surface area contributed by atoms with Crippen LogP contribution in [-0.4, -0.2) is 4.92 Å². The molecule has 2 aromatic rings. The van der Waals surface area contributed by atoms with Crippen molar-refractivity contribution in [1.82, 2.24) is 0 Å². The molecular formula is C14H13NO2. The van der Waals surface area contributed by atoms with Crippen LogP contribution in [0.15, 0.2) is 48.5 Å². The summed E-state index contributed by atoms with van der Waals surface area (Å²) in [6.45, 7) is 2.10. The number of benzene rings is 2. The maximum absolute atomic E-state index is 10.7. The van der Waals surface area contributed by atoms with E-state index in [0.29, 0.717) is 0 Å². The van der Waals surface area contributed by atoms with E-state index in [0.717, 1.165) is 17.5 Å². The van der Waals surface area contributed by atoms with Gasteiger partial charge in [-0.05, 0) is 23.1 Å².